The number of likely N-dealkylation sites (N-methyl/N-ethyl adjacent to an activating group) is 1. The Hall–Kier alpha value is -1.92. The largest absolute Gasteiger partial charge is 0.383 e. The van der Waals surface area contributed by atoms with E-state index >= 15 is 0 Å². The van der Waals surface area contributed by atoms with E-state index in [9.17, 15) is 9.59 Å². The van der Waals surface area contributed by atoms with Gasteiger partial charge in [0.05, 0.1) is 13.2 Å². The molecule has 0 heterocycles. The second-order valence-electron chi connectivity index (χ2n) is 4.70. The second-order valence-corrected chi connectivity index (χ2v) is 4.70. The molecule has 0 aromatic heterocycles. The molecule has 2 N–H and O–H groups in total. The number of hydrogen-bond acceptors (Lipinski definition) is 4. The summed E-state index contributed by atoms with van der Waals surface area (Å²) in [4.78, 5) is 25.0. The van der Waals surface area contributed by atoms with E-state index in [4.69, 9.17) is 4.74 Å². The molecule has 6 nitrogen and oxygen atoms in total. The van der Waals surface area contributed by atoms with Crippen molar-refractivity contribution < 1.29 is 14.3 Å². The van der Waals surface area contributed by atoms with E-state index in [1.807, 2.05) is 12.1 Å². The smallest absolute Gasteiger partial charge is 0.251 e. The number of benzene rings is 1. The van der Waals surface area contributed by atoms with Gasteiger partial charge in [0.1, 0.15) is 0 Å². The first kappa shape index (κ1) is 17.1. The van der Waals surface area contributed by atoms with Gasteiger partial charge >= 0.3 is 0 Å². The second kappa shape index (κ2) is 9.10. The van der Waals surface area contributed by atoms with Crippen LogP contribution >= 0.6 is 0 Å². The molecule has 0 aliphatic rings. The fourth-order valence-electron chi connectivity index (χ4n) is 1.77. The van der Waals surface area contributed by atoms with Crippen molar-refractivity contribution in [3.63, 3.8) is 0 Å². The summed E-state index contributed by atoms with van der Waals surface area (Å²) in [5.41, 5.74) is 1.59. The highest BCUT2D eigenvalue weighted by Crippen LogP contribution is 2.07. The normalized spacial score (nSPS) is 10.2. The average Bonchev–Trinajstić information content (AvgIpc) is 2.51. The van der Waals surface area contributed by atoms with Crippen LogP contribution in [-0.4, -0.2) is 57.6 Å². The Bertz CT molecular complexity index is 460. The first-order valence-corrected chi connectivity index (χ1v) is 6.83. The van der Waals surface area contributed by atoms with Crippen LogP contribution < -0.4 is 10.6 Å². The molecule has 0 saturated heterocycles. The van der Waals surface area contributed by atoms with Crippen LogP contribution in [0.2, 0.25) is 0 Å². The van der Waals surface area contributed by atoms with Gasteiger partial charge in [-0.15, -0.1) is 0 Å². The SMILES string of the molecule is CNC(=O)c1ccc(CN(C)C(=O)CNCCOC)cc1. The number of rotatable bonds is 8. The minimum Gasteiger partial charge on any atom is -0.383 e. The number of methoxy groups -OCH3 is 1. The molecule has 6 heteroatoms. The first-order valence-electron chi connectivity index (χ1n) is 6.83. The van der Waals surface area contributed by atoms with Gasteiger partial charge in [0.25, 0.3) is 5.91 Å². The van der Waals surface area contributed by atoms with Gasteiger partial charge in [0.15, 0.2) is 0 Å². The number of nitrogens with zero attached hydrogens (tertiary/aromatic N) is 1. The topological polar surface area (TPSA) is 70.7 Å². The molecule has 0 bridgehead atoms. The molecular weight excluding hydrogens is 270 g/mol. The van der Waals surface area contributed by atoms with Gasteiger partial charge in [-0.25, -0.2) is 0 Å². The van der Waals surface area contributed by atoms with Crippen molar-refractivity contribution in [2.45, 2.75) is 6.54 Å². The molecule has 0 fully saturated rings. The monoisotopic (exact) mass is 293 g/mol. The van der Waals surface area contributed by atoms with Crippen LogP contribution in [-0.2, 0) is 16.1 Å². The summed E-state index contributed by atoms with van der Waals surface area (Å²) in [5.74, 6) is -0.102. The highest BCUT2D eigenvalue weighted by Gasteiger charge is 2.09. The van der Waals surface area contributed by atoms with Gasteiger partial charge < -0.3 is 20.3 Å². The summed E-state index contributed by atoms with van der Waals surface area (Å²) in [6.07, 6.45) is 0. The first-order chi connectivity index (χ1) is 10.1. The van der Waals surface area contributed by atoms with Crippen LogP contribution in [0.3, 0.4) is 0 Å². The predicted octanol–water partition coefficient (Wildman–Crippen LogP) is 0.241. The van der Waals surface area contributed by atoms with Crippen LogP contribution in [0, 0.1) is 0 Å². The summed E-state index contributed by atoms with van der Waals surface area (Å²) in [5, 5.41) is 5.59. The molecule has 1 aromatic rings. The maximum atomic E-state index is 11.9. The minimum absolute atomic E-state index is 0.0153. The van der Waals surface area contributed by atoms with Gasteiger partial charge in [-0.1, -0.05) is 12.1 Å². The average molecular weight is 293 g/mol. The molecule has 0 aliphatic heterocycles. The molecule has 0 saturated carbocycles. The van der Waals surface area contributed by atoms with Gasteiger partial charge in [-0.05, 0) is 17.7 Å². The number of carbonyl (C=O) groups is 2. The van der Waals surface area contributed by atoms with Crippen molar-refractivity contribution in [3.05, 3.63) is 35.4 Å². The molecule has 1 rings (SSSR count). The van der Waals surface area contributed by atoms with E-state index in [0.29, 0.717) is 25.3 Å². The lowest BCUT2D eigenvalue weighted by molar-refractivity contribution is -0.129. The summed E-state index contributed by atoms with van der Waals surface area (Å²) in [7, 11) is 4.98. The van der Waals surface area contributed by atoms with E-state index < -0.39 is 0 Å². The zero-order valence-electron chi connectivity index (χ0n) is 12.8. The fraction of sp³-hybridized carbons (Fsp3) is 0.467. The zero-order chi connectivity index (χ0) is 15.7. The van der Waals surface area contributed by atoms with Crippen molar-refractivity contribution in [3.8, 4) is 0 Å². The van der Waals surface area contributed by atoms with Crippen LogP contribution in [0.15, 0.2) is 24.3 Å². The zero-order valence-corrected chi connectivity index (χ0v) is 12.8. The van der Waals surface area contributed by atoms with Crippen LogP contribution in [0.1, 0.15) is 15.9 Å². The van der Waals surface area contributed by atoms with E-state index in [-0.39, 0.29) is 18.4 Å². The Kier molecular flexibility index (Phi) is 7.42. The van der Waals surface area contributed by atoms with E-state index in [1.54, 1.807) is 38.2 Å². The molecule has 0 aliphatic carbocycles. The van der Waals surface area contributed by atoms with E-state index in [1.165, 1.54) is 0 Å². The van der Waals surface area contributed by atoms with Gasteiger partial charge in [0.2, 0.25) is 5.91 Å². The van der Waals surface area contributed by atoms with Crippen molar-refractivity contribution in [1.82, 2.24) is 15.5 Å². The summed E-state index contributed by atoms with van der Waals surface area (Å²) >= 11 is 0. The number of ether oxygens (including phenoxy) is 1. The third-order valence-corrected chi connectivity index (χ3v) is 3.05. The minimum atomic E-state index is -0.117. The Morgan fingerprint density at radius 2 is 1.90 bits per heavy atom. The molecule has 0 unspecified atom stereocenters. The molecular formula is C15H23N3O3. The number of amides is 2. The molecule has 0 radical (unpaired) electrons. The van der Waals surface area contributed by atoms with Crippen molar-refractivity contribution in [2.24, 2.45) is 0 Å². The van der Waals surface area contributed by atoms with Gasteiger partial charge in [-0.3, -0.25) is 9.59 Å². The third-order valence-electron chi connectivity index (χ3n) is 3.05. The Morgan fingerprint density at radius 1 is 1.24 bits per heavy atom. The summed E-state index contributed by atoms with van der Waals surface area (Å²) < 4.78 is 4.90. The molecule has 21 heavy (non-hydrogen) atoms. The highest BCUT2D eigenvalue weighted by atomic mass is 16.5. The van der Waals surface area contributed by atoms with Gasteiger partial charge in [-0.2, -0.15) is 0 Å². The van der Waals surface area contributed by atoms with Crippen LogP contribution in [0.5, 0.6) is 0 Å². The molecule has 116 valence electrons. The predicted molar refractivity (Wildman–Crippen MR) is 81.1 cm³/mol. The lowest BCUT2D eigenvalue weighted by Crippen LogP contribution is -2.36. The third kappa shape index (κ3) is 5.93. The van der Waals surface area contributed by atoms with E-state index in [0.717, 1.165) is 5.56 Å². The quantitative estimate of drug-likeness (QED) is 0.674. The number of hydrogen-bond donors (Lipinski definition) is 2. The lowest BCUT2D eigenvalue weighted by atomic mass is 10.1. The van der Waals surface area contributed by atoms with Crippen molar-refractivity contribution >= 4 is 11.8 Å². The maximum Gasteiger partial charge on any atom is 0.251 e. The standard InChI is InChI=1S/C15H23N3O3/c1-16-15(20)13-6-4-12(5-7-13)11-18(2)14(19)10-17-8-9-21-3/h4-7,17H,8-11H2,1-3H3,(H,16,20). The Labute approximate surface area is 125 Å². The number of carbonyl (C=O) groups excluding carboxylic acids is 2. The lowest BCUT2D eigenvalue weighted by Gasteiger charge is -2.17. The van der Waals surface area contributed by atoms with E-state index in [2.05, 4.69) is 10.6 Å². The molecule has 0 atom stereocenters. The fourth-order valence-corrected chi connectivity index (χ4v) is 1.77. The summed E-state index contributed by atoms with van der Waals surface area (Å²) in [6.45, 7) is 2.03. The molecule has 2 amide bonds. The number of nitrogens with one attached hydrogen (secondary N) is 2. The van der Waals surface area contributed by atoms with Crippen LogP contribution in [0.25, 0.3) is 0 Å². The van der Waals surface area contributed by atoms with Crippen LogP contribution in [0.4, 0.5) is 0 Å². The molecule has 1 aromatic carbocycles. The maximum absolute atomic E-state index is 11.9. The Balaban J connectivity index is 2.44. The Morgan fingerprint density at radius 3 is 2.48 bits per heavy atom. The van der Waals surface area contributed by atoms with Crippen molar-refractivity contribution in [1.29, 1.82) is 0 Å². The summed E-state index contributed by atoms with van der Waals surface area (Å²) in [6, 6.07) is 7.21. The highest BCUT2D eigenvalue weighted by molar-refractivity contribution is 5.93. The van der Waals surface area contributed by atoms with Gasteiger partial charge in [0, 0.05) is 39.9 Å². The van der Waals surface area contributed by atoms with Crippen molar-refractivity contribution in [2.75, 3.05) is 40.9 Å². The molecule has 0 spiro atoms.